The molecule has 0 amide bonds. The van der Waals surface area contributed by atoms with E-state index in [4.69, 9.17) is 20.4 Å². The van der Waals surface area contributed by atoms with Crippen LogP contribution in [0.5, 0.6) is 0 Å². The molecule has 0 fully saturated rings. The van der Waals surface area contributed by atoms with Crippen LogP contribution in [0.4, 0.5) is 0 Å². The number of thiocarbonyl (C=S) groups is 2. The molecule has 0 aromatic carbocycles. The van der Waals surface area contributed by atoms with E-state index in [2.05, 4.69) is 24.4 Å². The summed E-state index contributed by atoms with van der Waals surface area (Å²) in [4.78, 5) is 0. The zero-order valence-corrected chi connectivity index (χ0v) is 5.58. The van der Waals surface area contributed by atoms with Crippen LogP contribution in [0.15, 0.2) is 0 Å². The smallest absolute Gasteiger partial charge is 0.876 e. The molecule has 0 N–H and O–H groups in total. The molecule has 0 atom stereocenters. The average Bonchev–Trinajstić information content (AvgIpc) is 1.25. The molecule has 0 spiro atoms. The fourth-order valence-electron chi connectivity index (χ4n) is 0. The summed E-state index contributed by atoms with van der Waals surface area (Å²) in [5.74, 6) is 0. The molecule has 0 aliphatic heterocycles. The molecule has 0 saturated carbocycles. The van der Waals surface area contributed by atoms with Gasteiger partial charge in [-0.25, -0.2) is 0 Å². The fourth-order valence-corrected chi connectivity index (χ4v) is 0. The second-order valence-corrected chi connectivity index (χ2v) is 1.17. The molecule has 0 saturated heterocycles. The van der Waals surface area contributed by atoms with Gasteiger partial charge in [0.2, 0.25) is 0 Å². The van der Waals surface area contributed by atoms with Crippen LogP contribution in [0.1, 0.15) is 0 Å². The van der Waals surface area contributed by atoms with E-state index in [0.29, 0.717) is 0 Å². The van der Waals surface area contributed by atoms with E-state index in [1.165, 1.54) is 0 Å². The van der Waals surface area contributed by atoms with Crippen molar-refractivity contribution in [2.45, 2.75) is 0 Å². The Kier molecular flexibility index (Phi) is 18.2. The van der Waals surface area contributed by atoms with Crippen molar-refractivity contribution in [1.29, 1.82) is 0 Å². The maximum atomic E-state index is 8.70. The van der Waals surface area contributed by atoms with Crippen molar-refractivity contribution in [1.82, 2.24) is 0 Å². The van der Waals surface area contributed by atoms with Crippen molar-refractivity contribution in [3.8, 4) is 0 Å². The fraction of sp³-hybridized carbons (Fsp3) is 0. The minimum atomic E-state index is -1.50. The summed E-state index contributed by atoms with van der Waals surface area (Å²) in [6, 6.07) is 0. The second-order valence-electron chi connectivity index (χ2n) is 0.500. The first kappa shape index (κ1) is 15.8. The molecule has 6 heteroatoms. The van der Waals surface area contributed by atoms with Crippen molar-refractivity contribution in [3.63, 3.8) is 0 Å². The predicted octanol–water partition coefficient (Wildman–Crippen LogP) is -3.93. The van der Waals surface area contributed by atoms with Crippen LogP contribution in [0.3, 0.4) is 0 Å². The van der Waals surface area contributed by atoms with Crippen LogP contribution < -0.4 is 20.4 Å². The van der Waals surface area contributed by atoms with Crippen molar-refractivity contribution in [2.24, 2.45) is 0 Å². The Bertz CT molecular complexity index is 71.8. The van der Waals surface area contributed by atoms with Gasteiger partial charge in [0.05, 0.1) is 0 Å². The Hall–Kier alpha value is -0.620. The van der Waals surface area contributed by atoms with E-state index < -0.39 is 10.5 Å². The summed E-state index contributed by atoms with van der Waals surface area (Å²) in [5, 5.41) is 31.8. The van der Waals surface area contributed by atoms with Gasteiger partial charge in [0.15, 0.2) is 0 Å². The molecule has 0 rings (SSSR count). The third-order valence-electron chi connectivity index (χ3n) is 0. The monoisotopic (exact) mass is 164 g/mol. The molecule has 0 aromatic rings. The molecule has 0 bridgehead atoms. The van der Waals surface area contributed by atoms with Crippen molar-refractivity contribution < 1.29 is 20.4 Å². The summed E-state index contributed by atoms with van der Waals surface area (Å²) in [6.45, 7) is 0. The molecule has 0 aromatic heterocycles. The molecule has 0 aliphatic rings. The van der Waals surface area contributed by atoms with Gasteiger partial charge in [0.1, 0.15) is 0 Å². The molecule has 0 aliphatic carbocycles. The largest absolute Gasteiger partial charge is 4.00 e. The molecule has 0 unspecified atom stereocenters. The van der Waals surface area contributed by atoms with Gasteiger partial charge in [-0.05, 0) is 0 Å². The van der Waals surface area contributed by atoms with Crippen molar-refractivity contribution in [3.05, 3.63) is 7.43 Å². The maximum Gasteiger partial charge on any atom is 4.00 e. The van der Waals surface area contributed by atoms with E-state index >= 15 is 0 Å². The van der Waals surface area contributed by atoms with E-state index in [-0.39, 0.29) is 7.43 Å². The number of hydrogen-bond donors (Lipinski definition) is 0. The third kappa shape index (κ3) is 556. The standard InChI is InChI=1S/2CH2O2S.C/c2*2-1(3)4;/h2*(H2,2,3,4);/q;;+4/p-4. The zero-order valence-electron chi connectivity index (χ0n) is 3.95. The minimum absolute atomic E-state index is 0. The zero-order chi connectivity index (χ0) is 7.15. The van der Waals surface area contributed by atoms with Crippen LogP contribution in [0.2, 0.25) is 0 Å². The minimum Gasteiger partial charge on any atom is -0.876 e. The van der Waals surface area contributed by atoms with Crippen molar-refractivity contribution >= 4 is 34.9 Å². The average molecular weight is 164 g/mol. The third-order valence-corrected chi connectivity index (χ3v) is 0. The molecule has 9 heavy (non-hydrogen) atoms. The van der Waals surface area contributed by atoms with E-state index in [1.54, 1.807) is 0 Å². The predicted molar refractivity (Wildman–Crippen MR) is 28.4 cm³/mol. The first-order valence-electron chi connectivity index (χ1n) is 1.22. The summed E-state index contributed by atoms with van der Waals surface area (Å²) in [5.41, 5.74) is 0. The molecule has 0 radical (unpaired) electrons. The maximum absolute atomic E-state index is 8.70. The molecule has 4 nitrogen and oxygen atoms in total. The summed E-state index contributed by atoms with van der Waals surface area (Å²) in [6.07, 6.45) is 0. The van der Waals surface area contributed by atoms with Gasteiger partial charge in [0.25, 0.3) is 0 Å². The number of rotatable bonds is 0. The molecule has 0 heterocycles. The Labute approximate surface area is 63.4 Å². The topological polar surface area (TPSA) is 92.2 Å². The van der Waals surface area contributed by atoms with Gasteiger partial charge in [-0.15, -0.1) is 34.9 Å². The molecule has 48 valence electrons. The van der Waals surface area contributed by atoms with Gasteiger partial charge in [0, 0.05) is 0 Å². The summed E-state index contributed by atoms with van der Waals surface area (Å²) >= 11 is 6.85. The molecular formula is C3O4S2. The first-order valence-corrected chi connectivity index (χ1v) is 2.04. The molecular weight excluding hydrogens is 164 g/mol. The van der Waals surface area contributed by atoms with Crippen molar-refractivity contribution in [2.75, 3.05) is 0 Å². The number of hydrogen-bond acceptors (Lipinski definition) is 6. The Morgan fingerprint density at radius 3 is 0.778 bits per heavy atom. The van der Waals surface area contributed by atoms with Gasteiger partial charge < -0.3 is 20.4 Å². The van der Waals surface area contributed by atoms with E-state index in [1.807, 2.05) is 0 Å². The first-order chi connectivity index (χ1) is 3.46. The Morgan fingerprint density at radius 2 is 0.778 bits per heavy atom. The van der Waals surface area contributed by atoms with Crippen LogP contribution >= 0.6 is 24.4 Å². The van der Waals surface area contributed by atoms with Gasteiger partial charge in [-0.1, -0.05) is 0 Å². The normalized spacial score (nSPS) is 5.33. The van der Waals surface area contributed by atoms with Gasteiger partial charge >= 0.3 is 7.43 Å². The van der Waals surface area contributed by atoms with Crippen LogP contribution in [-0.2, 0) is 0 Å². The van der Waals surface area contributed by atoms with E-state index in [9.17, 15) is 0 Å². The second kappa shape index (κ2) is 10.4. The van der Waals surface area contributed by atoms with Crippen LogP contribution in [-0.4, -0.2) is 10.5 Å². The van der Waals surface area contributed by atoms with E-state index in [0.717, 1.165) is 0 Å². The Balaban J connectivity index is -0.0000000720. The summed E-state index contributed by atoms with van der Waals surface area (Å²) in [7, 11) is 0. The van der Waals surface area contributed by atoms with Gasteiger partial charge in [-0.2, -0.15) is 0 Å². The summed E-state index contributed by atoms with van der Waals surface area (Å²) < 4.78 is 0. The SMILES string of the molecule is [C+4].[O-]C([O-])=S.[O-]C([O-])=S. The van der Waals surface area contributed by atoms with Crippen LogP contribution in [0, 0.1) is 7.43 Å². The quantitative estimate of drug-likeness (QED) is 0.339. The Morgan fingerprint density at radius 1 is 0.778 bits per heavy atom. The van der Waals surface area contributed by atoms with Crippen LogP contribution in [0.25, 0.3) is 0 Å². The van der Waals surface area contributed by atoms with Gasteiger partial charge in [-0.3, -0.25) is 0 Å².